The van der Waals surface area contributed by atoms with E-state index < -0.39 is 0 Å². The van der Waals surface area contributed by atoms with Gasteiger partial charge in [-0.1, -0.05) is 17.7 Å². The highest BCUT2D eigenvalue weighted by Gasteiger charge is 2.09. The summed E-state index contributed by atoms with van der Waals surface area (Å²) >= 11 is 0. The minimum Gasteiger partial charge on any atom is -0.497 e. The molecule has 3 rings (SSSR count). The largest absolute Gasteiger partial charge is 0.497 e. The molecule has 126 valence electrons. The summed E-state index contributed by atoms with van der Waals surface area (Å²) in [7, 11) is 1.59. The van der Waals surface area contributed by atoms with Crippen LogP contribution in [0, 0.1) is 6.92 Å². The van der Waals surface area contributed by atoms with Gasteiger partial charge >= 0.3 is 0 Å². The molecular formula is C19H18N4O2. The summed E-state index contributed by atoms with van der Waals surface area (Å²) in [5.74, 6) is 0.980. The molecule has 0 atom stereocenters. The van der Waals surface area contributed by atoms with Gasteiger partial charge in [0.1, 0.15) is 17.3 Å². The average Bonchev–Trinajstić information content (AvgIpc) is 2.65. The SMILES string of the molecule is COc1ccc(NC(=O)c2cnc(Nc3ccc(C)cc3)cn2)cc1. The fourth-order valence-electron chi connectivity index (χ4n) is 2.16. The molecule has 0 saturated heterocycles. The number of hydrogen-bond acceptors (Lipinski definition) is 5. The maximum atomic E-state index is 12.2. The van der Waals surface area contributed by atoms with E-state index in [-0.39, 0.29) is 11.6 Å². The molecule has 0 spiro atoms. The number of amides is 1. The van der Waals surface area contributed by atoms with Gasteiger partial charge in [-0.3, -0.25) is 4.79 Å². The van der Waals surface area contributed by atoms with Crippen LogP contribution in [-0.2, 0) is 0 Å². The number of rotatable bonds is 5. The molecule has 0 unspecified atom stereocenters. The van der Waals surface area contributed by atoms with E-state index in [0.717, 1.165) is 11.4 Å². The molecule has 1 amide bonds. The van der Waals surface area contributed by atoms with Crippen molar-refractivity contribution in [1.82, 2.24) is 9.97 Å². The van der Waals surface area contributed by atoms with Crippen molar-refractivity contribution in [3.05, 3.63) is 72.2 Å². The van der Waals surface area contributed by atoms with Crippen LogP contribution in [0.15, 0.2) is 60.9 Å². The van der Waals surface area contributed by atoms with Gasteiger partial charge in [0.15, 0.2) is 0 Å². The fraction of sp³-hybridized carbons (Fsp3) is 0.105. The van der Waals surface area contributed by atoms with Crippen molar-refractivity contribution in [2.45, 2.75) is 6.92 Å². The maximum Gasteiger partial charge on any atom is 0.275 e. The normalized spacial score (nSPS) is 10.2. The van der Waals surface area contributed by atoms with Crippen LogP contribution >= 0.6 is 0 Å². The van der Waals surface area contributed by atoms with Gasteiger partial charge in [-0.15, -0.1) is 0 Å². The van der Waals surface area contributed by atoms with Gasteiger partial charge in [0, 0.05) is 11.4 Å². The fourth-order valence-corrected chi connectivity index (χ4v) is 2.16. The first-order valence-electron chi connectivity index (χ1n) is 7.75. The Morgan fingerprint density at radius 2 is 1.60 bits per heavy atom. The van der Waals surface area contributed by atoms with E-state index in [1.807, 2.05) is 31.2 Å². The summed E-state index contributed by atoms with van der Waals surface area (Å²) in [6.45, 7) is 2.03. The Morgan fingerprint density at radius 1 is 0.920 bits per heavy atom. The quantitative estimate of drug-likeness (QED) is 0.742. The average molecular weight is 334 g/mol. The second-order valence-electron chi connectivity index (χ2n) is 5.46. The van der Waals surface area contributed by atoms with Crippen LogP contribution in [0.5, 0.6) is 5.75 Å². The number of benzene rings is 2. The van der Waals surface area contributed by atoms with Crippen LogP contribution in [0.1, 0.15) is 16.1 Å². The summed E-state index contributed by atoms with van der Waals surface area (Å²) < 4.78 is 5.09. The van der Waals surface area contributed by atoms with Crippen LogP contribution in [0.3, 0.4) is 0 Å². The van der Waals surface area contributed by atoms with E-state index >= 15 is 0 Å². The van der Waals surface area contributed by atoms with Crippen molar-refractivity contribution in [3.8, 4) is 5.75 Å². The maximum absolute atomic E-state index is 12.2. The number of methoxy groups -OCH3 is 1. The monoisotopic (exact) mass is 334 g/mol. The lowest BCUT2D eigenvalue weighted by molar-refractivity contribution is 0.102. The van der Waals surface area contributed by atoms with E-state index in [1.165, 1.54) is 18.0 Å². The minimum atomic E-state index is -0.320. The number of carbonyl (C=O) groups excluding carboxylic acids is 1. The third-order valence-corrected chi connectivity index (χ3v) is 3.56. The van der Waals surface area contributed by atoms with Crippen molar-refractivity contribution >= 4 is 23.1 Å². The molecule has 0 aliphatic rings. The topological polar surface area (TPSA) is 76.1 Å². The summed E-state index contributed by atoms with van der Waals surface area (Å²) in [5.41, 5.74) is 3.00. The lowest BCUT2D eigenvalue weighted by Crippen LogP contribution is -2.14. The van der Waals surface area contributed by atoms with Gasteiger partial charge in [0.25, 0.3) is 5.91 Å². The Bertz CT molecular complexity index is 844. The Balaban J connectivity index is 1.64. The molecule has 3 aromatic rings. The second kappa shape index (κ2) is 7.44. The molecule has 0 fully saturated rings. The predicted molar refractivity (Wildman–Crippen MR) is 97.4 cm³/mol. The van der Waals surface area contributed by atoms with Gasteiger partial charge in [0.05, 0.1) is 19.5 Å². The van der Waals surface area contributed by atoms with E-state index in [2.05, 4.69) is 20.6 Å². The third kappa shape index (κ3) is 4.32. The van der Waals surface area contributed by atoms with E-state index in [4.69, 9.17) is 4.74 Å². The zero-order valence-electron chi connectivity index (χ0n) is 14.0. The first-order valence-corrected chi connectivity index (χ1v) is 7.75. The minimum absolute atomic E-state index is 0.241. The lowest BCUT2D eigenvalue weighted by atomic mass is 10.2. The molecule has 6 nitrogen and oxygen atoms in total. The summed E-state index contributed by atoms with van der Waals surface area (Å²) in [4.78, 5) is 20.6. The number of nitrogens with zero attached hydrogens (tertiary/aromatic N) is 2. The summed E-state index contributed by atoms with van der Waals surface area (Å²) in [6, 6.07) is 15.0. The van der Waals surface area contributed by atoms with Gasteiger partial charge in [-0.2, -0.15) is 0 Å². The first kappa shape index (κ1) is 16.4. The van der Waals surface area contributed by atoms with Crippen LogP contribution < -0.4 is 15.4 Å². The molecule has 0 radical (unpaired) electrons. The van der Waals surface area contributed by atoms with Crippen LogP contribution in [0.25, 0.3) is 0 Å². The molecule has 0 bridgehead atoms. The number of aryl methyl sites for hydroxylation is 1. The number of anilines is 3. The Hall–Kier alpha value is -3.41. The highest BCUT2D eigenvalue weighted by atomic mass is 16.5. The predicted octanol–water partition coefficient (Wildman–Crippen LogP) is 3.79. The van der Waals surface area contributed by atoms with Gasteiger partial charge in [-0.25, -0.2) is 9.97 Å². The van der Waals surface area contributed by atoms with E-state index in [9.17, 15) is 4.79 Å². The second-order valence-corrected chi connectivity index (χ2v) is 5.46. The molecule has 25 heavy (non-hydrogen) atoms. The molecule has 6 heteroatoms. The van der Waals surface area contributed by atoms with Gasteiger partial charge in [0.2, 0.25) is 0 Å². The van der Waals surface area contributed by atoms with Gasteiger partial charge < -0.3 is 15.4 Å². The number of hydrogen-bond donors (Lipinski definition) is 2. The van der Waals surface area contributed by atoms with Crippen molar-refractivity contribution in [2.75, 3.05) is 17.7 Å². The Kier molecular flexibility index (Phi) is 4.89. The van der Waals surface area contributed by atoms with Crippen molar-refractivity contribution in [1.29, 1.82) is 0 Å². The number of nitrogens with one attached hydrogen (secondary N) is 2. The molecule has 2 aromatic carbocycles. The summed E-state index contributed by atoms with van der Waals surface area (Å²) in [5, 5.41) is 5.91. The van der Waals surface area contributed by atoms with Crippen molar-refractivity contribution in [2.24, 2.45) is 0 Å². The van der Waals surface area contributed by atoms with Crippen LogP contribution in [0.4, 0.5) is 17.2 Å². The van der Waals surface area contributed by atoms with E-state index in [0.29, 0.717) is 11.5 Å². The third-order valence-electron chi connectivity index (χ3n) is 3.56. The van der Waals surface area contributed by atoms with Crippen molar-refractivity contribution < 1.29 is 9.53 Å². The molecule has 1 heterocycles. The Labute approximate surface area is 145 Å². The number of aromatic nitrogens is 2. The molecule has 0 saturated carbocycles. The highest BCUT2D eigenvalue weighted by Crippen LogP contribution is 2.17. The molecule has 0 aliphatic carbocycles. The standard InChI is InChI=1S/C19H18N4O2/c1-13-3-5-14(6-4-13)22-18-12-20-17(11-21-18)19(24)23-15-7-9-16(25-2)10-8-15/h3-12H,1-2H3,(H,21,22)(H,23,24). The highest BCUT2D eigenvalue weighted by molar-refractivity contribution is 6.02. The number of ether oxygens (including phenoxy) is 1. The first-order chi connectivity index (χ1) is 12.1. The molecule has 1 aromatic heterocycles. The molecule has 0 aliphatic heterocycles. The molecule has 2 N–H and O–H groups in total. The smallest absolute Gasteiger partial charge is 0.275 e. The van der Waals surface area contributed by atoms with E-state index in [1.54, 1.807) is 31.4 Å². The zero-order valence-corrected chi connectivity index (χ0v) is 14.0. The zero-order chi connectivity index (χ0) is 17.6. The lowest BCUT2D eigenvalue weighted by Gasteiger charge is -2.07. The van der Waals surface area contributed by atoms with Crippen LogP contribution in [0.2, 0.25) is 0 Å². The van der Waals surface area contributed by atoms with Crippen LogP contribution in [-0.4, -0.2) is 23.0 Å². The summed E-state index contributed by atoms with van der Waals surface area (Å²) in [6.07, 6.45) is 2.97. The Morgan fingerprint density at radius 3 is 2.20 bits per heavy atom. The number of carbonyl (C=O) groups is 1. The molecular weight excluding hydrogens is 316 g/mol. The van der Waals surface area contributed by atoms with Gasteiger partial charge in [-0.05, 0) is 43.3 Å². The van der Waals surface area contributed by atoms with Crippen molar-refractivity contribution in [3.63, 3.8) is 0 Å².